The van der Waals surface area contributed by atoms with E-state index >= 15 is 0 Å². The van der Waals surface area contributed by atoms with E-state index in [1.54, 1.807) is 30.3 Å². The second-order valence-electron chi connectivity index (χ2n) is 4.78. The molecular weight excluding hydrogens is 306 g/mol. The zero-order chi connectivity index (χ0) is 15.7. The molecule has 0 saturated carbocycles. The molecule has 22 heavy (non-hydrogen) atoms. The maximum Gasteiger partial charge on any atom is 0.266 e. The van der Waals surface area contributed by atoms with Crippen LogP contribution in [0.25, 0.3) is 0 Å². The number of hydroxylamine groups is 1. The van der Waals surface area contributed by atoms with Crippen LogP contribution < -0.4 is 9.79 Å². The molecule has 1 aliphatic heterocycles. The van der Waals surface area contributed by atoms with Crippen molar-refractivity contribution in [3.05, 3.63) is 54.4 Å². The van der Waals surface area contributed by atoms with Crippen LogP contribution in [0.2, 0.25) is 0 Å². The molecule has 3 rings (SSSR count). The molecule has 0 spiro atoms. The van der Waals surface area contributed by atoms with Crippen molar-refractivity contribution in [1.82, 2.24) is 10.5 Å². The van der Waals surface area contributed by atoms with Gasteiger partial charge in [-0.05, 0) is 24.3 Å². The Labute approximate surface area is 127 Å². The zero-order valence-electron chi connectivity index (χ0n) is 11.4. The summed E-state index contributed by atoms with van der Waals surface area (Å²) in [6.45, 7) is 0. The second kappa shape index (κ2) is 5.39. The predicted octanol–water partition coefficient (Wildman–Crippen LogP) is 1.23. The number of pyridine rings is 1. The van der Waals surface area contributed by atoms with Gasteiger partial charge < -0.3 is 0 Å². The summed E-state index contributed by atoms with van der Waals surface area (Å²) in [6, 6.07) is 10.7. The van der Waals surface area contributed by atoms with Gasteiger partial charge in [-0.15, -0.1) is 0 Å². The van der Waals surface area contributed by atoms with Gasteiger partial charge in [-0.3, -0.25) is 19.3 Å². The highest BCUT2D eigenvalue weighted by molar-refractivity contribution is 7.93. The summed E-state index contributed by atoms with van der Waals surface area (Å²) in [6.07, 6.45) is 1.25. The number of para-hydroxylation sites is 1. The Balaban J connectivity index is 2.16. The molecule has 114 valence electrons. The molecule has 7 nitrogen and oxygen atoms in total. The number of rotatable bonds is 3. The van der Waals surface area contributed by atoms with Crippen molar-refractivity contribution in [3.8, 4) is 0 Å². The van der Waals surface area contributed by atoms with Crippen LogP contribution in [-0.4, -0.2) is 24.5 Å². The molecular formula is C14H13N3O4S. The van der Waals surface area contributed by atoms with Crippen LogP contribution >= 0.6 is 0 Å². The highest BCUT2D eigenvalue weighted by atomic mass is 32.2. The monoisotopic (exact) mass is 319 g/mol. The Morgan fingerprint density at radius 3 is 2.64 bits per heavy atom. The summed E-state index contributed by atoms with van der Waals surface area (Å²) in [7, 11) is -3.79. The first-order chi connectivity index (χ1) is 10.6. The molecule has 2 N–H and O–H groups in total. The summed E-state index contributed by atoms with van der Waals surface area (Å²) in [5.41, 5.74) is 2.28. The maximum atomic E-state index is 12.8. The quantitative estimate of drug-likeness (QED) is 0.655. The number of hydrogen-bond acceptors (Lipinski definition) is 5. The minimum absolute atomic E-state index is 0.0783. The zero-order valence-corrected chi connectivity index (χ0v) is 12.2. The van der Waals surface area contributed by atoms with Crippen LogP contribution in [0.5, 0.6) is 0 Å². The number of benzene rings is 1. The first-order valence-corrected chi connectivity index (χ1v) is 7.97. The van der Waals surface area contributed by atoms with E-state index in [0.717, 1.165) is 0 Å². The molecule has 1 atom stereocenters. The molecule has 1 aliphatic rings. The largest absolute Gasteiger partial charge is 0.289 e. The van der Waals surface area contributed by atoms with Crippen LogP contribution in [0.3, 0.4) is 0 Å². The molecule has 0 bridgehead atoms. The van der Waals surface area contributed by atoms with Gasteiger partial charge in [0.05, 0.1) is 23.8 Å². The standard InChI is InChI=1S/C14H13N3O4S/c18-13(16-19)9-11-14-12(7-4-8-15-14)22(20,21)17(11)10-5-2-1-3-6-10/h1-8,11,19H,9H2,(H,16,18). The predicted molar refractivity (Wildman–Crippen MR) is 77.6 cm³/mol. The number of sulfonamides is 1. The van der Waals surface area contributed by atoms with Crippen LogP contribution in [0.15, 0.2) is 53.6 Å². The van der Waals surface area contributed by atoms with E-state index in [9.17, 15) is 13.2 Å². The Morgan fingerprint density at radius 1 is 1.23 bits per heavy atom. The topological polar surface area (TPSA) is 99.6 Å². The van der Waals surface area contributed by atoms with Gasteiger partial charge in [0.2, 0.25) is 5.91 Å². The van der Waals surface area contributed by atoms with Gasteiger partial charge in [0, 0.05) is 6.20 Å². The fraction of sp³-hybridized carbons (Fsp3) is 0.143. The van der Waals surface area contributed by atoms with Crippen LogP contribution in [0, 0.1) is 0 Å². The Morgan fingerprint density at radius 2 is 1.95 bits per heavy atom. The SMILES string of the molecule is O=C(CC1c2ncccc2S(=O)(=O)N1c1ccccc1)NO. The molecule has 1 aromatic carbocycles. The molecule has 2 aromatic rings. The van der Waals surface area contributed by atoms with Crippen molar-refractivity contribution in [3.63, 3.8) is 0 Å². The van der Waals surface area contributed by atoms with Gasteiger partial charge >= 0.3 is 0 Å². The van der Waals surface area contributed by atoms with E-state index in [-0.39, 0.29) is 11.3 Å². The van der Waals surface area contributed by atoms with Crippen molar-refractivity contribution in [2.24, 2.45) is 0 Å². The highest BCUT2D eigenvalue weighted by Crippen LogP contribution is 2.42. The smallest absolute Gasteiger partial charge is 0.266 e. The lowest BCUT2D eigenvalue weighted by molar-refractivity contribution is -0.129. The van der Waals surface area contributed by atoms with E-state index < -0.39 is 22.0 Å². The third-order valence-electron chi connectivity index (χ3n) is 3.45. The van der Waals surface area contributed by atoms with Gasteiger partial charge in [-0.1, -0.05) is 18.2 Å². The normalized spacial score (nSPS) is 18.8. The number of nitrogens with zero attached hydrogens (tertiary/aromatic N) is 2. The molecule has 0 aliphatic carbocycles. The van der Waals surface area contributed by atoms with Gasteiger partial charge in [-0.25, -0.2) is 13.9 Å². The summed E-state index contributed by atoms with van der Waals surface area (Å²) in [4.78, 5) is 15.8. The van der Waals surface area contributed by atoms with Crippen molar-refractivity contribution in [1.29, 1.82) is 0 Å². The van der Waals surface area contributed by atoms with Crippen LogP contribution in [0.1, 0.15) is 18.2 Å². The van der Waals surface area contributed by atoms with Crippen molar-refractivity contribution in [2.45, 2.75) is 17.4 Å². The van der Waals surface area contributed by atoms with Crippen molar-refractivity contribution < 1.29 is 18.4 Å². The fourth-order valence-corrected chi connectivity index (χ4v) is 4.37. The molecule has 1 aromatic heterocycles. The minimum atomic E-state index is -3.79. The first-order valence-electron chi connectivity index (χ1n) is 6.53. The van der Waals surface area contributed by atoms with Crippen molar-refractivity contribution >= 4 is 21.6 Å². The number of carbonyl (C=O) groups is 1. The second-order valence-corrected chi connectivity index (χ2v) is 6.56. The van der Waals surface area contributed by atoms with E-state index in [1.807, 2.05) is 0 Å². The Hall–Kier alpha value is -2.45. The summed E-state index contributed by atoms with van der Waals surface area (Å²) >= 11 is 0. The number of hydrogen-bond donors (Lipinski definition) is 2. The summed E-state index contributed by atoms with van der Waals surface area (Å²) in [5, 5.41) is 8.74. The third-order valence-corrected chi connectivity index (χ3v) is 5.33. The molecule has 0 radical (unpaired) electrons. The lowest BCUT2D eigenvalue weighted by atomic mass is 10.1. The Kier molecular flexibility index (Phi) is 3.55. The van der Waals surface area contributed by atoms with E-state index in [2.05, 4.69) is 4.98 Å². The number of anilines is 1. The maximum absolute atomic E-state index is 12.8. The Bertz CT molecular complexity index is 808. The number of carbonyl (C=O) groups excluding carboxylic acids is 1. The number of aromatic nitrogens is 1. The molecule has 1 amide bonds. The van der Waals surface area contributed by atoms with Crippen molar-refractivity contribution in [2.75, 3.05) is 4.31 Å². The molecule has 0 saturated heterocycles. The molecule has 0 fully saturated rings. The van der Waals surface area contributed by atoms with Gasteiger partial charge in [0.1, 0.15) is 4.90 Å². The number of amides is 1. The van der Waals surface area contributed by atoms with E-state index in [0.29, 0.717) is 11.4 Å². The van der Waals surface area contributed by atoms with Gasteiger partial charge in [0.25, 0.3) is 10.0 Å². The lowest BCUT2D eigenvalue weighted by Crippen LogP contribution is -2.32. The van der Waals surface area contributed by atoms with Crippen LogP contribution in [0.4, 0.5) is 5.69 Å². The number of nitrogens with one attached hydrogen (secondary N) is 1. The average molecular weight is 319 g/mol. The highest BCUT2D eigenvalue weighted by Gasteiger charge is 2.44. The molecule has 8 heteroatoms. The molecule has 2 heterocycles. The molecule has 1 unspecified atom stereocenters. The number of fused-ring (bicyclic) bond motifs is 1. The average Bonchev–Trinajstić information content (AvgIpc) is 2.76. The van der Waals surface area contributed by atoms with Gasteiger partial charge in [0.15, 0.2) is 0 Å². The summed E-state index contributed by atoms with van der Waals surface area (Å²) < 4.78 is 26.7. The van der Waals surface area contributed by atoms with E-state index in [4.69, 9.17) is 5.21 Å². The lowest BCUT2D eigenvalue weighted by Gasteiger charge is -2.24. The first kappa shape index (κ1) is 14.5. The fourth-order valence-electron chi connectivity index (χ4n) is 2.55. The van der Waals surface area contributed by atoms with Gasteiger partial charge in [-0.2, -0.15) is 0 Å². The summed E-state index contributed by atoms with van der Waals surface area (Å²) in [5.74, 6) is -0.681. The van der Waals surface area contributed by atoms with Crippen LogP contribution in [-0.2, 0) is 14.8 Å². The van der Waals surface area contributed by atoms with E-state index in [1.165, 1.54) is 28.1 Å². The minimum Gasteiger partial charge on any atom is -0.289 e. The third kappa shape index (κ3) is 2.22.